The lowest BCUT2D eigenvalue weighted by Crippen LogP contribution is -2.35. The van der Waals surface area contributed by atoms with Gasteiger partial charge in [0.2, 0.25) is 0 Å². The number of tetrazole rings is 1. The molecule has 36 heavy (non-hydrogen) atoms. The second-order valence-corrected chi connectivity index (χ2v) is 9.61. The highest BCUT2D eigenvalue weighted by Crippen LogP contribution is 2.31. The number of aromatic nitrogens is 5. The van der Waals surface area contributed by atoms with Gasteiger partial charge in [0.1, 0.15) is 18.1 Å². The van der Waals surface area contributed by atoms with Crippen LogP contribution in [0.3, 0.4) is 0 Å². The van der Waals surface area contributed by atoms with E-state index in [1.54, 1.807) is 17.2 Å². The summed E-state index contributed by atoms with van der Waals surface area (Å²) in [5.41, 5.74) is 3.67. The highest BCUT2D eigenvalue weighted by molar-refractivity contribution is 5.83. The van der Waals surface area contributed by atoms with Crippen LogP contribution in [-0.4, -0.2) is 30.1 Å². The monoisotopic (exact) mass is 486 g/mol. The molecule has 4 aromatic heterocycles. The number of hydrogen-bond acceptors (Lipinski definition) is 7. The van der Waals surface area contributed by atoms with Crippen molar-refractivity contribution >= 4 is 10.9 Å². The van der Waals surface area contributed by atoms with E-state index in [-0.39, 0.29) is 17.5 Å². The molecule has 0 aliphatic rings. The second-order valence-electron chi connectivity index (χ2n) is 9.61. The van der Waals surface area contributed by atoms with E-state index in [0.717, 1.165) is 33.6 Å². The van der Waals surface area contributed by atoms with Gasteiger partial charge in [-0.15, -0.1) is 5.10 Å². The first-order chi connectivity index (χ1) is 17.4. The molecule has 0 aliphatic carbocycles. The molecule has 0 saturated carbocycles. The molecule has 0 amide bonds. The predicted octanol–water partition coefficient (Wildman–Crippen LogP) is 4.77. The SMILES string of the molecule is Cc1cc(C)c2cc(CN(Cc3ccco3)[C@H](c3nnnn3Cc3ccco3)C(C)C)c(=O)[nH]c2c1. The van der Waals surface area contributed by atoms with Crippen molar-refractivity contribution in [1.29, 1.82) is 0 Å². The lowest BCUT2D eigenvalue weighted by Gasteiger charge is -2.32. The van der Waals surface area contributed by atoms with Crippen molar-refractivity contribution in [3.8, 4) is 0 Å². The third kappa shape index (κ3) is 4.87. The predicted molar refractivity (Wildman–Crippen MR) is 135 cm³/mol. The first kappa shape index (κ1) is 23.7. The molecule has 9 nitrogen and oxygen atoms in total. The van der Waals surface area contributed by atoms with Gasteiger partial charge in [-0.3, -0.25) is 9.69 Å². The van der Waals surface area contributed by atoms with E-state index in [4.69, 9.17) is 8.83 Å². The fourth-order valence-corrected chi connectivity index (χ4v) is 4.88. The molecule has 1 aromatic carbocycles. The molecule has 1 atom stereocenters. The summed E-state index contributed by atoms with van der Waals surface area (Å²) in [5.74, 6) is 2.41. The van der Waals surface area contributed by atoms with Gasteiger partial charge in [-0.25, -0.2) is 4.68 Å². The number of fused-ring (bicyclic) bond motifs is 1. The van der Waals surface area contributed by atoms with Gasteiger partial charge in [0.15, 0.2) is 5.82 Å². The molecule has 9 heteroatoms. The molecule has 0 aliphatic heterocycles. The fourth-order valence-electron chi connectivity index (χ4n) is 4.88. The number of aryl methyl sites for hydroxylation is 2. The Hall–Kier alpha value is -3.98. The van der Waals surface area contributed by atoms with Gasteiger partial charge in [0.05, 0.1) is 25.1 Å². The van der Waals surface area contributed by atoms with Crippen molar-refractivity contribution in [3.63, 3.8) is 0 Å². The maximum absolute atomic E-state index is 13.2. The molecule has 0 radical (unpaired) electrons. The maximum atomic E-state index is 13.2. The number of pyridine rings is 1. The van der Waals surface area contributed by atoms with Crippen LogP contribution in [0.15, 0.2) is 68.6 Å². The van der Waals surface area contributed by atoms with Gasteiger partial charge < -0.3 is 13.8 Å². The molecule has 0 unspecified atom stereocenters. The van der Waals surface area contributed by atoms with E-state index < -0.39 is 0 Å². The van der Waals surface area contributed by atoms with Gasteiger partial charge >= 0.3 is 0 Å². The smallest absolute Gasteiger partial charge is 0.252 e. The standard InChI is InChI=1S/C27H30N6O3/c1-17(2)25(26-29-30-31-33(26)16-22-8-6-10-36-22)32(15-21-7-5-9-35-21)14-20-13-23-19(4)11-18(3)12-24(23)28-27(20)34/h5-13,17,25H,14-16H2,1-4H3,(H,28,34)/t25-/m0/s1. The number of nitrogens with zero attached hydrogens (tertiary/aromatic N) is 5. The number of hydrogen-bond donors (Lipinski definition) is 1. The Kier molecular flexibility index (Phi) is 6.56. The first-order valence-electron chi connectivity index (χ1n) is 12.1. The first-order valence-corrected chi connectivity index (χ1v) is 12.1. The van der Waals surface area contributed by atoms with Crippen molar-refractivity contribution in [3.05, 3.63) is 99.4 Å². The summed E-state index contributed by atoms with van der Waals surface area (Å²) in [6.45, 7) is 9.67. The van der Waals surface area contributed by atoms with Gasteiger partial charge in [-0.1, -0.05) is 19.9 Å². The molecule has 0 spiro atoms. The zero-order valence-electron chi connectivity index (χ0n) is 20.9. The van der Waals surface area contributed by atoms with E-state index in [1.807, 2.05) is 43.3 Å². The highest BCUT2D eigenvalue weighted by atomic mass is 16.3. The van der Waals surface area contributed by atoms with Crippen LogP contribution in [0.1, 0.15) is 53.9 Å². The molecule has 0 fully saturated rings. The zero-order valence-corrected chi connectivity index (χ0v) is 20.9. The van der Waals surface area contributed by atoms with Gasteiger partial charge in [-0.05, 0) is 77.7 Å². The van der Waals surface area contributed by atoms with Crippen molar-refractivity contribution in [2.45, 2.75) is 53.4 Å². The van der Waals surface area contributed by atoms with Crippen LogP contribution in [0.2, 0.25) is 0 Å². The summed E-state index contributed by atoms with van der Waals surface area (Å²) in [6.07, 6.45) is 3.30. The third-order valence-corrected chi connectivity index (χ3v) is 6.44. The molecule has 5 rings (SSSR count). The number of aromatic amines is 1. The maximum Gasteiger partial charge on any atom is 0.252 e. The largest absolute Gasteiger partial charge is 0.468 e. The highest BCUT2D eigenvalue weighted by Gasteiger charge is 2.31. The average Bonchev–Trinajstić information content (AvgIpc) is 3.59. The van der Waals surface area contributed by atoms with Crippen LogP contribution in [-0.2, 0) is 19.6 Å². The fraction of sp³-hybridized carbons (Fsp3) is 0.333. The average molecular weight is 487 g/mol. The molecule has 5 aromatic rings. The van der Waals surface area contributed by atoms with Gasteiger partial charge in [0.25, 0.3) is 5.56 Å². The molecule has 1 N–H and O–H groups in total. The molecule has 0 bridgehead atoms. The lowest BCUT2D eigenvalue weighted by molar-refractivity contribution is 0.116. The topological polar surface area (TPSA) is 106 Å². The minimum Gasteiger partial charge on any atom is -0.468 e. The summed E-state index contributed by atoms with van der Waals surface area (Å²) in [4.78, 5) is 18.5. The quantitative estimate of drug-likeness (QED) is 0.320. The Bertz CT molecular complexity index is 1500. The molecule has 186 valence electrons. The Balaban J connectivity index is 1.55. The number of nitrogens with one attached hydrogen (secondary N) is 1. The van der Waals surface area contributed by atoms with Crippen molar-refractivity contribution < 1.29 is 8.83 Å². The van der Waals surface area contributed by atoms with E-state index in [2.05, 4.69) is 52.2 Å². The van der Waals surface area contributed by atoms with Gasteiger partial charge in [-0.2, -0.15) is 0 Å². The molecule has 4 heterocycles. The van der Waals surface area contributed by atoms with Gasteiger partial charge in [0, 0.05) is 23.0 Å². The van der Waals surface area contributed by atoms with Crippen molar-refractivity contribution in [2.75, 3.05) is 0 Å². The van der Waals surface area contributed by atoms with E-state index >= 15 is 0 Å². The number of benzene rings is 1. The summed E-state index contributed by atoms with van der Waals surface area (Å²) in [6, 6.07) is 13.5. The normalized spacial score (nSPS) is 12.7. The molecular formula is C27H30N6O3. The van der Waals surface area contributed by atoms with Crippen LogP contribution in [0.5, 0.6) is 0 Å². The van der Waals surface area contributed by atoms with Crippen molar-refractivity contribution in [2.24, 2.45) is 5.92 Å². The minimum atomic E-state index is -0.186. The summed E-state index contributed by atoms with van der Waals surface area (Å²) < 4.78 is 13.0. The minimum absolute atomic E-state index is 0.102. The van der Waals surface area contributed by atoms with Crippen molar-refractivity contribution in [1.82, 2.24) is 30.1 Å². The number of H-pyrrole nitrogens is 1. The lowest BCUT2D eigenvalue weighted by atomic mass is 9.99. The van der Waals surface area contributed by atoms with E-state index in [1.165, 1.54) is 0 Å². The summed E-state index contributed by atoms with van der Waals surface area (Å²) >= 11 is 0. The van der Waals surface area contributed by atoms with Crippen LogP contribution in [0.4, 0.5) is 0 Å². The Morgan fingerprint density at radius 2 is 1.78 bits per heavy atom. The van der Waals surface area contributed by atoms with Crippen LogP contribution in [0, 0.1) is 19.8 Å². The Morgan fingerprint density at radius 1 is 1.03 bits per heavy atom. The van der Waals surface area contributed by atoms with E-state index in [9.17, 15) is 4.79 Å². The Morgan fingerprint density at radius 3 is 2.47 bits per heavy atom. The van der Waals surface area contributed by atoms with Crippen LogP contribution >= 0.6 is 0 Å². The molecule has 0 saturated heterocycles. The number of rotatable bonds is 9. The van der Waals surface area contributed by atoms with Crippen LogP contribution in [0.25, 0.3) is 10.9 Å². The summed E-state index contributed by atoms with van der Waals surface area (Å²) in [7, 11) is 0. The van der Waals surface area contributed by atoms with E-state index in [0.29, 0.717) is 31.0 Å². The Labute approximate surface area is 208 Å². The second kappa shape index (κ2) is 9.94. The molecular weight excluding hydrogens is 456 g/mol. The number of furan rings is 2. The third-order valence-electron chi connectivity index (χ3n) is 6.44. The zero-order chi connectivity index (χ0) is 25.2. The summed E-state index contributed by atoms with van der Waals surface area (Å²) in [5, 5.41) is 13.7. The van der Waals surface area contributed by atoms with Crippen LogP contribution < -0.4 is 5.56 Å².